The molecule has 2 aliphatic rings. The van der Waals surface area contributed by atoms with Crippen LogP contribution in [0.5, 0.6) is 0 Å². The smallest absolute Gasteiger partial charge is 0.410 e. The summed E-state index contributed by atoms with van der Waals surface area (Å²) in [6, 6.07) is -0.489. The van der Waals surface area contributed by atoms with E-state index in [1.165, 1.54) is 20.0 Å². The van der Waals surface area contributed by atoms with E-state index in [9.17, 15) is 9.59 Å². The van der Waals surface area contributed by atoms with Crippen LogP contribution < -0.4 is 0 Å². The molecule has 0 radical (unpaired) electrons. The van der Waals surface area contributed by atoms with Gasteiger partial charge in [-0.2, -0.15) is 0 Å². The van der Waals surface area contributed by atoms with E-state index in [4.69, 9.17) is 9.47 Å². The number of hydrogen-bond donors (Lipinski definition) is 0. The third-order valence-electron chi connectivity index (χ3n) is 5.07. The molecule has 0 spiro atoms. The Bertz CT molecular complexity index is 404. The fourth-order valence-corrected chi connectivity index (χ4v) is 4.59. The zero-order valence-electron chi connectivity index (χ0n) is 13.4. The molecule has 22 heavy (non-hydrogen) atoms. The Morgan fingerprint density at radius 3 is 2.64 bits per heavy atom. The minimum atomic E-state index is -0.489. The largest absolute Gasteiger partial charge is 0.464 e. The highest BCUT2D eigenvalue weighted by Gasteiger charge is 2.44. The van der Waals surface area contributed by atoms with Gasteiger partial charge in [-0.25, -0.2) is 9.59 Å². The van der Waals surface area contributed by atoms with Crippen LogP contribution in [0.2, 0.25) is 0 Å². The number of piperidine rings is 1. The summed E-state index contributed by atoms with van der Waals surface area (Å²) in [5, 5.41) is 1.03. The van der Waals surface area contributed by atoms with E-state index in [1.807, 2.05) is 0 Å². The Labute approximate surface area is 140 Å². The summed E-state index contributed by atoms with van der Waals surface area (Å²) in [7, 11) is 1.36. The lowest BCUT2D eigenvalue weighted by molar-refractivity contribution is -0.152. The van der Waals surface area contributed by atoms with Gasteiger partial charge in [0.25, 0.3) is 0 Å². The monoisotopic (exact) mass is 375 g/mol. The summed E-state index contributed by atoms with van der Waals surface area (Å²) in [4.78, 5) is 25.8. The highest BCUT2D eigenvalue weighted by Crippen LogP contribution is 2.42. The highest BCUT2D eigenvalue weighted by atomic mass is 79.9. The van der Waals surface area contributed by atoms with Crippen LogP contribution in [0, 0.1) is 17.8 Å². The van der Waals surface area contributed by atoms with Gasteiger partial charge in [-0.1, -0.05) is 22.4 Å². The van der Waals surface area contributed by atoms with Gasteiger partial charge in [0.15, 0.2) is 0 Å². The van der Waals surface area contributed by atoms with Gasteiger partial charge in [0.2, 0.25) is 0 Å². The van der Waals surface area contributed by atoms with Gasteiger partial charge in [0, 0.05) is 11.9 Å². The molecule has 1 amide bonds. The van der Waals surface area contributed by atoms with Gasteiger partial charge in [-0.15, -0.1) is 0 Å². The zero-order chi connectivity index (χ0) is 16.1. The fraction of sp³-hybridized carbons (Fsp3) is 0.875. The molecule has 126 valence electrons. The lowest BCUT2D eigenvalue weighted by atomic mass is 9.68. The van der Waals surface area contributed by atoms with Gasteiger partial charge in [0.05, 0.1) is 13.7 Å². The minimum Gasteiger partial charge on any atom is -0.464 e. The predicted molar refractivity (Wildman–Crippen MR) is 86.9 cm³/mol. The Kier molecular flexibility index (Phi) is 6.53. The van der Waals surface area contributed by atoms with Crippen LogP contribution in [-0.4, -0.2) is 48.6 Å². The van der Waals surface area contributed by atoms with Crippen molar-refractivity contribution in [2.75, 3.05) is 25.6 Å². The third-order valence-corrected chi connectivity index (χ3v) is 5.52. The van der Waals surface area contributed by atoms with E-state index in [2.05, 4.69) is 15.9 Å². The van der Waals surface area contributed by atoms with Crippen molar-refractivity contribution in [3.8, 4) is 0 Å². The van der Waals surface area contributed by atoms with Gasteiger partial charge in [-0.05, 0) is 50.4 Å². The summed E-state index contributed by atoms with van der Waals surface area (Å²) in [6.45, 7) is 2.74. The maximum atomic E-state index is 12.2. The predicted octanol–water partition coefficient (Wildman–Crippen LogP) is 3.21. The third kappa shape index (κ3) is 3.94. The van der Waals surface area contributed by atoms with Crippen LogP contribution >= 0.6 is 15.9 Å². The fourth-order valence-electron chi connectivity index (χ4n) is 3.94. The molecule has 4 atom stereocenters. The molecule has 1 saturated carbocycles. The van der Waals surface area contributed by atoms with E-state index in [-0.39, 0.29) is 5.97 Å². The molecule has 1 heterocycles. The minimum absolute atomic E-state index is 0.297. The SMILES string of the molecule is CCOC(=O)[C@@H]1C[C@H]2C[C@@H](CCBr)CC[C@H]2CN1C(=O)OC. The molecule has 1 aliphatic heterocycles. The molecule has 0 aromatic carbocycles. The summed E-state index contributed by atoms with van der Waals surface area (Å²) in [5.41, 5.74) is 0. The summed E-state index contributed by atoms with van der Waals surface area (Å²) < 4.78 is 10.0. The molecular formula is C16H26BrNO4. The first-order valence-corrected chi connectivity index (χ1v) is 9.30. The molecular weight excluding hydrogens is 350 g/mol. The number of ether oxygens (including phenoxy) is 2. The van der Waals surface area contributed by atoms with Crippen molar-refractivity contribution in [3.63, 3.8) is 0 Å². The molecule has 2 fully saturated rings. The van der Waals surface area contributed by atoms with Gasteiger partial charge < -0.3 is 9.47 Å². The lowest BCUT2D eigenvalue weighted by Gasteiger charge is -2.46. The number of methoxy groups -OCH3 is 1. The number of fused-ring (bicyclic) bond motifs is 1. The van der Waals surface area contributed by atoms with Crippen LogP contribution in [0.4, 0.5) is 4.79 Å². The highest BCUT2D eigenvalue weighted by molar-refractivity contribution is 9.09. The number of carbonyl (C=O) groups is 2. The van der Waals surface area contributed by atoms with Crippen molar-refractivity contribution in [2.45, 2.75) is 45.1 Å². The number of alkyl halides is 1. The Morgan fingerprint density at radius 2 is 2.00 bits per heavy atom. The number of nitrogens with zero attached hydrogens (tertiary/aromatic N) is 1. The number of esters is 1. The number of likely N-dealkylation sites (tertiary alicyclic amines) is 1. The topological polar surface area (TPSA) is 55.8 Å². The van der Waals surface area contributed by atoms with Crippen molar-refractivity contribution in [3.05, 3.63) is 0 Å². The van der Waals surface area contributed by atoms with Crippen LogP contribution in [0.15, 0.2) is 0 Å². The lowest BCUT2D eigenvalue weighted by Crippen LogP contribution is -2.55. The molecule has 0 unspecified atom stereocenters. The van der Waals surface area contributed by atoms with Crippen molar-refractivity contribution in [1.29, 1.82) is 0 Å². The second kappa shape index (κ2) is 8.18. The first-order chi connectivity index (χ1) is 10.6. The quantitative estimate of drug-likeness (QED) is 0.559. The van der Waals surface area contributed by atoms with E-state index in [0.29, 0.717) is 31.4 Å². The average molecular weight is 376 g/mol. The van der Waals surface area contributed by atoms with E-state index in [1.54, 1.807) is 11.8 Å². The Morgan fingerprint density at radius 1 is 1.23 bits per heavy atom. The Balaban J connectivity index is 2.08. The van der Waals surface area contributed by atoms with Gasteiger partial charge in [0.1, 0.15) is 6.04 Å². The molecule has 1 saturated heterocycles. The first kappa shape index (κ1) is 17.6. The maximum Gasteiger partial charge on any atom is 0.410 e. The van der Waals surface area contributed by atoms with Gasteiger partial charge >= 0.3 is 12.1 Å². The standard InChI is InChI=1S/C16H26BrNO4/c1-3-22-15(19)14-9-13-8-11(6-7-17)4-5-12(13)10-18(14)16(20)21-2/h11-14H,3-10H2,1-2H3/t11-,12+,13-,14+/m1/s1. The first-order valence-electron chi connectivity index (χ1n) is 8.17. The molecule has 0 bridgehead atoms. The van der Waals surface area contributed by atoms with E-state index >= 15 is 0 Å². The van der Waals surface area contributed by atoms with Crippen LogP contribution in [0.25, 0.3) is 0 Å². The summed E-state index contributed by atoms with van der Waals surface area (Å²) in [6.07, 6.45) is 4.98. The molecule has 0 N–H and O–H groups in total. The normalized spacial score (nSPS) is 31.3. The van der Waals surface area contributed by atoms with Crippen LogP contribution in [0.1, 0.15) is 39.0 Å². The number of halogens is 1. The average Bonchev–Trinajstić information content (AvgIpc) is 2.53. The molecule has 6 heteroatoms. The van der Waals surface area contributed by atoms with Gasteiger partial charge in [-0.3, -0.25) is 4.90 Å². The maximum absolute atomic E-state index is 12.2. The summed E-state index contributed by atoms with van der Waals surface area (Å²) >= 11 is 3.52. The second-order valence-corrected chi connectivity index (χ2v) is 7.10. The van der Waals surface area contributed by atoms with Crippen molar-refractivity contribution >= 4 is 28.0 Å². The van der Waals surface area contributed by atoms with Crippen LogP contribution in [0.3, 0.4) is 0 Å². The number of rotatable bonds is 4. The van der Waals surface area contributed by atoms with Crippen molar-refractivity contribution in [2.24, 2.45) is 17.8 Å². The molecule has 5 nitrogen and oxygen atoms in total. The van der Waals surface area contributed by atoms with E-state index in [0.717, 1.165) is 24.1 Å². The molecule has 2 rings (SSSR count). The van der Waals surface area contributed by atoms with Crippen LogP contribution in [-0.2, 0) is 14.3 Å². The Hall–Kier alpha value is -0.780. The van der Waals surface area contributed by atoms with Crippen molar-refractivity contribution in [1.82, 2.24) is 4.90 Å². The second-order valence-electron chi connectivity index (χ2n) is 6.30. The zero-order valence-corrected chi connectivity index (χ0v) is 15.0. The number of amides is 1. The number of hydrogen-bond acceptors (Lipinski definition) is 4. The summed E-state index contributed by atoms with van der Waals surface area (Å²) in [5.74, 6) is 1.42. The number of carbonyl (C=O) groups excluding carboxylic acids is 2. The molecule has 0 aromatic heterocycles. The van der Waals surface area contributed by atoms with E-state index < -0.39 is 12.1 Å². The molecule has 1 aliphatic carbocycles. The van der Waals surface area contributed by atoms with Crippen molar-refractivity contribution < 1.29 is 19.1 Å². The molecule has 0 aromatic rings.